The normalized spacial score (nSPS) is 25.1. The third-order valence-corrected chi connectivity index (χ3v) is 3.65. The molecule has 0 aromatic heterocycles. The Hall–Kier alpha value is -0.610. The van der Waals surface area contributed by atoms with Gasteiger partial charge in [-0.15, -0.1) is 0 Å². The predicted octanol–water partition coefficient (Wildman–Crippen LogP) is 0.198. The predicted molar refractivity (Wildman–Crippen MR) is 64.3 cm³/mol. The molecule has 1 amide bonds. The summed E-state index contributed by atoms with van der Waals surface area (Å²) in [5.41, 5.74) is 0. The fourth-order valence-corrected chi connectivity index (χ4v) is 2.59. The van der Waals surface area contributed by atoms with Crippen molar-refractivity contribution in [2.45, 2.75) is 25.7 Å². The first-order chi connectivity index (χ1) is 7.84. The minimum Gasteiger partial charge on any atom is -0.355 e. The van der Waals surface area contributed by atoms with E-state index in [0.717, 1.165) is 32.0 Å². The average molecular weight is 225 g/mol. The standard InChI is InChI=1S/C12H23N3O/c16-12-10-15(8-1-5-14-12)9-4-11-2-6-13-7-3-11/h11,13H,1-10H2,(H,14,16). The number of nitrogens with one attached hydrogen (secondary N) is 2. The number of amides is 1. The Balaban J connectivity index is 1.69. The number of carbonyl (C=O) groups excluding carboxylic acids is 1. The highest BCUT2D eigenvalue weighted by Gasteiger charge is 2.17. The fourth-order valence-electron chi connectivity index (χ4n) is 2.59. The van der Waals surface area contributed by atoms with Crippen molar-refractivity contribution in [2.75, 3.05) is 39.3 Å². The van der Waals surface area contributed by atoms with Gasteiger partial charge in [-0.05, 0) is 51.2 Å². The molecule has 0 aromatic carbocycles. The summed E-state index contributed by atoms with van der Waals surface area (Å²) in [5.74, 6) is 1.07. The molecule has 0 aromatic rings. The lowest BCUT2D eigenvalue weighted by Crippen LogP contribution is -2.35. The van der Waals surface area contributed by atoms with Crippen LogP contribution >= 0.6 is 0 Å². The van der Waals surface area contributed by atoms with E-state index in [2.05, 4.69) is 15.5 Å². The van der Waals surface area contributed by atoms with Crippen molar-refractivity contribution in [2.24, 2.45) is 5.92 Å². The Morgan fingerprint density at radius 1 is 1.25 bits per heavy atom. The first-order valence-electron chi connectivity index (χ1n) is 6.54. The molecule has 2 fully saturated rings. The lowest BCUT2D eigenvalue weighted by Gasteiger charge is -2.25. The average Bonchev–Trinajstić information content (AvgIpc) is 2.52. The van der Waals surface area contributed by atoms with Crippen LogP contribution in [0, 0.1) is 5.92 Å². The van der Waals surface area contributed by atoms with Crippen LogP contribution < -0.4 is 10.6 Å². The molecule has 2 heterocycles. The van der Waals surface area contributed by atoms with Crippen LogP contribution in [-0.4, -0.2) is 50.1 Å². The SMILES string of the molecule is O=C1CN(CCC2CCNCC2)CCCN1. The molecule has 0 radical (unpaired) electrons. The molecule has 2 saturated heterocycles. The second kappa shape index (κ2) is 6.21. The van der Waals surface area contributed by atoms with Crippen LogP contribution in [0.25, 0.3) is 0 Å². The smallest absolute Gasteiger partial charge is 0.234 e. The van der Waals surface area contributed by atoms with Crippen molar-refractivity contribution in [3.8, 4) is 0 Å². The van der Waals surface area contributed by atoms with Gasteiger partial charge in [0.25, 0.3) is 0 Å². The van der Waals surface area contributed by atoms with Crippen LogP contribution in [0.1, 0.15) is 25.7 Å². The largest absolute Gasteiger partial charge is 0.355 e. The summed E-state index contributed by atoms with van der Waals surface area (Å²) in [5, 5.41) is 6.31. The van der Waals surface area contributed by atoms with Crippen molar-refractivity contribution in [1.82, 2.24) is 15.5 Å². The maximum Gasteiger partial charge on any atom is 0.234 e. The van der Waals surface area contributed by atoms with Gasteiger partial charge in [-0.2, -0.15) is 0 Å². The van der Waals surface area contributed by atoms with Crippen molar-refractivity contribution in [3.05, 3.63) is 0 Å². The van der Waals surface area contributed by atoms with Gasteiger partial charge >= 0.3 is 0 Å². The van der Waals surface area contributed by atoms with E-state index in [0.29, 0.717) is 6.54 Å². The second-order valence-electron chi connectivity index (χ2n) is 4.96. The molecule has 2 aliphatic rings. The Labute approximate surface area is 97.8 Å². The summed E-state index contributed by atoms with van der Waals surface area (Å²) in [7, 11) is 0. The van der Waals surface area contributed by atoms with Gasteiger partial charge in [0.1, 0.15) is 0 Å². The molecule has 92 valence electrons. The summed E-state index contributed by atoms with van der Waals surface area (Å²) in [6, 6.07) is 0. The van der Waals surface area contributed by atoms with Gasteiger partial charge in [0, 0.05) is 13.1 Å². The van der Waals surface area contributed by atoms with Crippen LogP contribution in [-0.2, 0) is 4.79 Å². The van der Waals surface area contributed by atoms with Crippen LogP contribution in [0.15, 0.2) is 0 Å². The second-order valence-corrected chi connectivity index (χ2v) is 4.96. The summed E-state index contributed by atoms with van der Waals surface area (Å²) in [6.45, 7) is 5.96. The zero-order valence-corrected chi connectivity index (χ0v) is 10.0. The summed E-state index contributed by atoms with van der Waals surface area (Å²) < 4.78 is 0. The number of carbonyl (C=O) groups is 1. The third kappa shape index (κ3) is 3.76. The van der Waals surface area contributed by atoms with Gasteiger partial charge in [-0.3, -0.25) is 9.69 Å². The van der Waals surface area contributed by atoms with Gasteiger partial charge in [0.2, 0.25) is 5.91 Å². The molecule has 0 saturated carbocycles. The molecule has 0 spiro atoms. The van der Waals surface area contributed by atoms with E-state index in [1.54, 1.807) is 0 Å². The third-order valence-electron chi connectivity index (χ3n) is 3.65. The Morgan fingerprint density at radius 2 is 2.06 bits per heavy atom. The quantitative estimate of drug-likeness (QED) is 0.721. The van der Waals surface area contributed by atoms with Gasteiger partial charge < -0.3 is 10.6 Å². The number of piperidine rings is 1. The fraction of sp³-hybridized carbons (Fsp3) is 0.917. The topological polar surface area (TPSA) is 44.4 Å². The first-order valence-corrected chi connectivity index (χ1v) is 6.54. The molecule has 2 N–H and O–H groups in total. The minimum atomic E-state index is 0.197. The van der Waals surface area contributed by atoms with Crippen LogP contribution in [0.3, 0.4) is 0 Å². The van der Waals surface area contributed by atoms with Gasteiger partial charge in [0.05, 0.1) is 6.54 Å². The van der Waals surface area contributed by atoms with Gasteiger partial charge in [-0.1, -0.05) is 0 Å². The number of hydrogen-bond donors (Lipinski definition) is 2. The minimum absolute atomic E-state index is 0.197. The maximum atomic E-state index is 11.4. The van der Waals surface area contributed by atoms with Crippen molar-refractivity contribution in [3.63, 3.8) is 0 Å². The molecule has 4 nitrogen and oxygen atoms in total. The highest BCUT2D eigenvalue weighted by molar-refractivity contribution is 5.78. The summed E-state index contributed by atoms with van der Waals surface area (Å²) in [6.07, 6.45) is 4.97. The number of rotatable bonds is 3. The van der Waals surface area contributed by atoms with E-state index in [4.69, 9.17) is 0 Å². The molecule has 0 aliphatic carbocycles. The lowest BCUT2D eigenvalue weighted by molar-refractivity contribution is -0.121. The molecule has 16 heavy (non-hydrogen) atoms. The molecule has 2 aliphatic heterocycles. The zero-order valence-electron chi connectivity index (χ0n) is 10.0. The molecule has 4 heteroatoms. The van der Waals surface area contributed by atoms with Gasteiger partial charge in [-0.25, -0.2) is 0 Å². The highest BCUT2D eigenvalue weighted by Crippen LogP contribution is 2.16. The maximum absolute atomic E-state index is 11.4. The number of nitrogens with zero attached hydrogens (tertiary/aromatic N) is 1. The van der Waals surface area contributed by atoms with Crippen LogP contribution in [0.5, 0.6) is 0 Å². The van der Waals surface area contributed by atoms with E-state index >= 15 is 0 Å². The molecular weight excluding hydrogens is 202 g/mol. The van der Waals surface area contributed by atoms with Crippen molar-refractivity contribution < 1.29 is 4.79 Å². The zero-order chi connectivity index (χ0) is 11.2. The Morgan fingerprint density at radius 3 is 2.88 bits per heavy atom. The van der Waals surface area contributed by atoms with E-state index in [9.17, 15) is 4.79 Å². The number of hydrogen-bond acceptors (Lipinski definition) is 3. The van der Waals surface area contributed by atoms with Crippen LogP contribution in [0.4, 0.5) is 0 Å². The van der Waals surface area contributed by atoms with E-state index < -0.39 is 0 Å². The van der Waals surface area contributed by atoms with Gasteiger partial charge in [0.15, 0.2) is 0 Å². The Kier molecular flexibility index (Phi) is 4.60. The highest BCUT2D eigenvalue weighted by atomic mass is 16.2. The molecule has 2 rings (SSSR count). The molecule has 0 atom stereocenters. The monoisotopic (exact) mass is 225 g/mol. The van der Waals surface area contributed by atoms with E-state index in [1.807, 2.05) is 0 Å². The Bertz CT molecular complexity index is 226. The lowest BCUT2D eigenvalue weighted by atomic mass is 9.94. The van der Waals surface area contributed by atoms with Crippen molar-refractivity contribution in [1.29, 1.82) is 0 Å². The molecule has 0 bridgehead atoms. The van der Waals surface area contributed by atoms with Crippen molar-refractivity contribution >= 4 is 5.91 Å². The van der Waals surface area contributed by atoms with Crippen LogP contribution in [0.2, 0.25) is 0 Å². The van der Waals surface area contributed by atoms with E-state index in [1.165, 1.54) is 32.4 Å². The summed E-state index contributed by atoms with van der Waals surface area (Å²) >= 11 is 0. The summed E-state index contributed by atoms with van der Waals surface area (Å²) in [4.78, 5) is 13.7. The first kappa shape index (κ1) is 11.9. The molecule has 0 unspecified atom stereocenters. The molecular formula is C12H23N3O. The van der Waals surface area contributed by atoms with E-state index in [-0.39, 0.29) is 5.91 Å².